The minimum atomic E-state index is 0.0178. The molecule has 6 heteroatoms. The van der Waals surface area contributed by atoms with Crippen molar-refractivity contribution >= 4 is 23.1 Å². The highest BCUT2D eigenvalue weighted by Crippen LogP contribution is 2.11. The Morgan fingerprint density at radius 3 is 2.72 bits per heavy atom. The van der Waals surface area contributed by atoms with Gasteiger partial charge < -0.3 is 10.6 Å². The van der Waals surface area contributed by atoms with Crippen molar-refractivity contribution in [3.05, 3.63) is 40.9 Å². The first kappa shape index (κ1) is 12.5. The fourth-order valence-electron chi connectivity index (χ4n) is 1.47. The molecule has 2 aromatic rings. The minimum absolute atomic E-state index is 0.0178. The van der Waals surface area contributed by atoms with E-state index in [1.165, 1.54) is 11.5 Å². The fourth-order valence-corrected chi connectivity index (χ4v) is 1.92. The van der Waals surface area contributed by atoms with Crippen LogP contribution in [0, 0.1) is 0 Å². The molecule has 0 spiro atoms. The maximum absolute atomic E-state index is 11.2. The van der Waals surface area contributed by atoms with Crippen LogP contribution >= 0.6 is 11.5 Å². The van der Waals surface area contributed by atoms with Gasteiger partial charge in [-0.2, -0.15) is 0 Å². The number of carbonyl (C=O) groups excluding carboxylic acids is 1. The third-order valence-electron chi connectivity index (χ3n) is 2.48. The molecule has 1 amide bonds. The molecule has 0 saturated carbocycles. The second-order valence-corrected chi connectivity index (χ2v) is 4.41. The monoisotopic (exact) mass is 262 g/mol. The number of hydrogen-bond donors (Lipinski definition) is 2. The molecular formula is C12H14N4OS. The van der Waals surface area contributed by atoms with Gasteiger partial charge in [0, 0.05) is 18.1 Å². The second-order valence-electron chi connectivity index (χ2n) is 3.80. The minimum Gasteiger partial charge on any atom is -0.379 e. The van der Waals surface area contributed by atoms with Gasteiger partial charge in [0.15, 0.2) is 0 Å². The normalized spacial score (nSPS) is 10.1. The molecule has 0 aliphatic carbocycles. The summed E-state index contributed by atoms with van der Waals surface area (Å²) in [5.74, 6) is 0.0178. The number of aromatic nitrogens is 2. The number of carbonyl (C=O) groups is 1. The molecule has 0 fully saturated rings. The molecule has 0 saturated heterocycles. The number of benzene rings is 1. The average Bonchev–Trinajstić information content (AvgIpc) is 2.91. The Morgan fingerprint density at radius 2 is 2.11 bits per heavy atom. The summed E-state index contributed by atoms with van der Waals surface area (Å²) < 4.78 is 3.80. The number of nitrogens with zero attached hydrogens (tertiary/aromatic N) is 2. The zero-order chi connectivity index (χ0) is 12.8. The smallest absolute Gasteiger partial charge is 0.224 e. The van der Waals surface area contributed by atoms with Gasteiger partial charge in [-0.05, 0) is 29.2 Å². The van der Waals surface area contributed by atoms with Crippen LogP contribution in [0.2, 0.25) is 0 Å². The van der Waals surface area contributed by atoms with Crippen LogP contribution in [-0.4, -0.2) is 22.5 Å². The third kappa shape index (κ3) is 3.53. The molecule has 2 N–H and O–H groups in total. The predicted octanol–water partition coefficient (Wildman–Crippen LogP) is 1.44. The van der Waals surface area contributed by atoms with Crippen molar-refractivity contribution in [2.45, 2.75) is 13.0 Å². The molecule has 0 bridgehead atoms. The van der Waals surface area contributed by atoms with Crippen molar-refractivity contribution in [2.24, 2.45) is 0 Å². The van der Waals surface area contributed by atoms with Crippen LogP contribution in [0.25, 0.3) is 0 Å². The molecule has 94 valence electrons. The summed E-state index contributed by atoms with van der Waals surface area (Å²) in [6, 6.07) is 7.80. The molecule has 2 rings (SSSR count). The summed E-state index contributed by atoms with van der Waals surface area (Å²) in [5.41, 5.74) is 2.92. The molecule has 0 atom stereocenters. The van der Waals surface area contributed by atoms with Crippen molar-refractivity contribution in [2.75, 3.05) is 12.4 Å². The molecule has 18 heavy (non-hydrogen) atoms. The summed E-state index contributed by atoms with van der Waals surface area (Å²) in [4.78, 5) is 11.2. The van der Waals surface area contributed by atoms with E-state index >= 15 is 0 Å². The van der Waals surface area contributed by atoms with E-state index < -0.39 is 0 Å². The summed E-state index contributed by atoms with van der Waals surface area (Å²) >= 11 is 1.34. The molecule has 0 unspecified atom stereocenters. The van der Waals surface area contributed by atoms with E-state index in [0.717, 1.165) is 16.9 Å². The van der Waals surface area contributed by atoms with E-state index in [2.05, 4.69) is 20.2 Å². The van der Waals surface area contributed by atoms with E-state index in [0.29, 0.717) is 13.0 Å². The largest absolute Gasteiger partial charge is 0.379 e. The van der Waals surface area contributed by atoms with E-state index in [9.17, 15) is 4.79 Å². The van der Waals surface area contributed by atoms with E-state index in [1.807, 2.05) is 29.6 Å². The Labute approximate surface area is 109 Å². The number of hydrogen-bond acceptors (Lipinski definition) is 5. The first-order chi connectivity index (χ1) is 8.78. The molecule has 5 nitrogen and oxygen atoms in total. The molecule has 1 aromatic carbocycles. The van der Waals surface area contributed by atoms with Gasteiger partial charge in [-0.15, -0.1) is 5.10 Å². The Bertz CT molecular complexity index is 495. The van der Waals surface area contributed by atoms with Gasteiger partial charge in [0.2, 0.25) is 5.91 Å². The summed E-state index contributed by atoms with van der Waals surface area (Å²) in [6.07, 6.45) is 0.410. The highest BCUT2D eigenvalue weighted by Gasteiger charge is 2.01. The van der Waals surface area contributed by atoms with Crippen molar-refractivity contribution in [3.8, 4) is 0 Å². The Hall–Kier alpha value is -1.95. The topological polar surface area (TPSA) is 66.9 Å². The van der Waals surface area contributed by atoms with Crippen molar-refractivity contribution in [3.63, 3.8) is 0 Å². The van der Waals surface area contributed by atoms with Crippen LogP contribution in [0.1, 0.15) is 11.3 Å². The third-order valence-corrected chi connectivity index (χ3v) is 3.03. The van der Waals surface area contributed by atoms with Gasteiger partial charge in [-0.1, -0.05) is 16.6 Å². The summed E-state index contributed by atoms with van der Waals surface area (Å²) in [6.45, 7) is 0.658. The number of anilines is 1. The first-order valence-electron chi connectivity index (χ1n) is 5.57. The number of rotatable bonds is 5. The first-order valence-corrected chi connectivity index (χ1v) is 6.41. The highest BCUT2D eigenvalue weighted by atomic mass is 32.1. The lowest BCUT2D eigenvalue weighted by molar-refractivity contribution is -0.119. The van der Waals surface area contributed by atoms with Crippen molar-refractivity contribution in [1.29, 1.82) is 0 Å². The van der Waals surface area contributed by atoms with Gasteiger partial charge in [0.25, 0.3) is 0 Å². The zero-order valence-corrected chi connectivity index (χ0v) is 10.8. The van der Waals surface area contributed by atoms with E-state index in [1.54, 1.807) is 7.05 Å². The van der Waals surface area contributed by atoms with Crippen LogP contribution in [-0.2, 0) is 17.8 Å². The van der Waals surface area contributed by atoms with Crippen LogP contribution in [0.5, 0.6) is 0 Å². The lowest BCUT2D eigenvalue weighted by Crippen LogP contribution is -2.19. The van der Waals surface area contributed by atoms with Gasteiger partial charge in [0.05, 0.1) is 18.7 Å². The fraction of sp³-hybridized carbons (Fsp3) is 0.250. The quantitative estimate of drug-likeness (QED) is 0.855. The van der Waals surface area contributed by atoms with Gasteiger partial charge in [-0.25, -0.2) is 0 Å². The SMILES string of the molecule is CNC(=O)Cc1ccc(NCc2csnn2)cc1. The van der Waals surface area contributed by atoms with E-state index in [-0.39, 0.29) is 5.91 Å². The lowest BCUT2D eigenvalue weighted by Gasteiger charge is -2.05. The van der Waals surface area contributed by atoms with Crippen LogP contribution in [0.15, 0.2) is 29.6 Å². The predicted molar refractivity (Wildman–Crippen MR) is 71.4 cm³/mol. The summed E-state index contributed by atoms with van der Waals surface area (Å²) in [7, 11) is 1.64. The number of likely N-dealkylation sites (N-methyl/N-ethyl adjacent to an activating group) is 1. The summed E-state index contributed by atoms with van der Waals surface area (Å²) in [5, 5.41) is 11.7. The van der Waals surface area contributed by atoms with Crippen LogP contribution in [0.3, 0.4) is 0 Å². The lowest BCUT2D eigenvalue weighted by atomic mass is 10.1. The average molecular weight is 262 g/mol. The molecular weight excluding hydrogens is 248 g/mol. The Kier molecular flexibility index (Phi) is 4.25. The van der Waals surface area contributed by atoms with Crippen molar-refractivity contribution in [1.82, 2.24) is 14.9 Å². The van der Waals surface area contributed by atoms with Gasteiger partial charge >= 0.3 is 0 Å². The zero-order valence-electron chi connectivity index (χ0n) is 10.0. The number of amides is 1. The Balaban J connectivity index is 1.89. The molecule has 0 aliphatic heterocycles. The molecule has 0 radical (unpaired) electrons. The van der Waals surface area contributed by atoms with Crippen LogP contribution < -0.4 is 10.6 Å². The van der Waals surface area contributed by atoms with Crippen molar-refractivity contribution < 1.29 is 4.79 Å². The van der Waals surface area contributed by atoms with E-state index in [4.69, 9.17) is 0 Å². The van der Waals surface area contributed by atoms with Gasteiger partial charge in [0.1, 0.15) is 0 Å². The highest BCUT2D eigenvalue weighted by molar-refractivity contribution is 7.03. The maximum Gasteiger partial charge on any atom is 0.224 e. The Morgan fingerprint density at radius 1 is 1.33 bits per heavy atom. The molecule has 1 heterocycles. The maximum atomic E-state index is 11.2. The second kappa shape index (κ2) is 6.11. The standard InChI is InChI=1S/C12H14N4OS/c1-13-12(17)6-9-2-4-10(5-3-9)14-7-11-8-18-16-15-11/h2-5,8,14H,6-7H2,1H3,(H,13,17). The number of nitrogens with one attached hydrogen (secondary N) is 2. The molecule has 1 aromatic heterocycles. The van der Waals surface area contributed by atoms with Gasteiger partial charge in [-0.3, -0.25) is 4.79 Å². The van der Waals surface area contributed by atoms with Crippen LogP contribution in [0.4, 0.5) is 5.69 Å². The molecule has 0 aliphatic rings.